The van der Waals surface area contributed by atoms with Gasteiger partial charge in [0.2, 0.25) is 0 Å². The van der Waals surface area contributed by atoms with Crippen LogP contribution in [0, 0.1) is 13.8 Å². The summed E-state index contributed by atoms with van der Waals surface area (Å²) in [5.74, 6) is 0.866. The molecular weight excluding hydrogens is 272 g/mol. The quantitative estimate of drug-likeness (QED) is 0.696. The van der Waals surface area contributed by atoms with Gasteiger partial charge in [-0.3, -0.25) is 9.98 Å². The second kappa shape index (κ2) is 7.59. The number of hydrogen-bond donors (Lipinski definition) is 1. The Balaban J connectivity index is 1.96. The number of aliphatic imine (C=N–C) groups is 1. The number of hydrogen-bond acceptors (Lipinski definition) is 2. The summed E-state index contributed by atoms with van der Waals surface area (Å²) < 4.78 is 0. The maximum absolute atomic E-state index is 4.40. The number of nitrogens with zero attached hydrogens (tertiary/aromatic N) is 3. The van der Waals surface area contributed by atoms with E-state index in [0.29, 0.717) is 6.54 Å². The van der Waals surface area contributed by atoms with E-state index in [9.17, 15) is 0 Å². The Labute approximate surface area is 132 Å². The van der Waals surface area contributed by atoms with E-state index in [0.717, 1.165) is 18.2 Å². The Hall–Kier alpha value is -2.36. The fraction of sp³-hybridized carbons (Fsp3) is 0.333. The van der Waals surface area contributed by atoms with Gasteiger partial charge in [0.15, 0.2) is 5.96 Å². The molecule has 0 fully saturated rings. The Bertz CT molecular complexity index is 632. The predicted molar refractivity (Wildman–Crippen MR) is 91.8 cm³/mol. The first-order chi connectivity index (χ1) is 10.6. The molecule has 1 heterocycles. The van der Waals surface area contributed by atoms with Crippen LogP contribution < -0.4 is 5.32 Å². The molecule has 0 amide bonds. The summed E-state index contributed by atoms with van der Waals surface area (Å²) in [5, 5.41) is 3.37. The zero-order chi connectivity index (χ0) is 15.9. The number of guanidine groups is 1. The Morgan fingerprint density at radius 2 is 1.91 bits per heavy atom. The third-order valence-corrected chi connectivity index (χ3v) is 3.65. The molecule has 0 spiro atoms. The summed E-state index contributed by atoms with van der Waals surface area (Å²) in [6.07, 6.45) is 1.82. The van der Waals surface area contributed by atoms with Crippen molar-refractivity contribution < 1.29 is 0 Å². The summed E-state index contributed by atoms with van der Waals surface area (Å²) in [5.41, 5.74) is 4.78. The molecule has 0 radical (unpaired) electrons. The van der Waals surface area contributed by atoms with Gasteiger partial charge in [-0.15, -0.1) is 0 Å². The summed E-state index contributed by atoms with van der Waals surface area (Å²) in [7, 11) is 3.85. The van der Waals surface area contributed by atoms with Crippen LogP contribution in [0.25, 0.3) is 0 Å². The van der Waals surface area contributed by atoms with Crippen molar-refractivity contribution in [2.24, 2.45) is 4.99 Å². The standard InChI is InChI=1S/C18H24N4/c1-14-7-9-16(10-8-14)13-22(4)18(19-3)21-12-17-15(2)6-5-11-20-17/h5-11H,12-13H2,1-4H3,(H,19,21). The lowest BCUT2D eigenvalue weighted by Crippen LogP contribution is -2.38. The molecule has 0 unspecified atom stereocenters. The molecule has 4 heteroatoms. The third kappa shape index (κ3) is 4.32. The van der Waals surface area contributed by atoms with Gasteiger partial charge in [0, 0.05) is 26.8 Å². The van der Waals surface area contributed by atoms with Crippen LogP contribution in [0.3, 0.4) is 0 Å². The van der Waals surface area contributed by atoms with E-state index in [1.54, 1.807) is 7.05 Å². The van der Waals surface area contributed by atoms with Gasteiger partial charge in [-0.05, 0) is 31.0 Å². The van der Waals surface area contributed by atoms with Crippen molar-refractivity contribution in [1.29, 1.82) is 0 Å². The van der Waals surface area contributed by atoms with E-state index in [2.05, 4.69) is 64.4 Å². The lowest BCUT2D eigenvalue weighted by Gasteiger charge is -2.22. The summed E-state index contributed by atoms with van der Waals surface area (Å²) in [6, 6.07) is 12.6. The van der Waals surface area contributed by atoms with Crippen LogP contribution in [0.4, 0.5) is 0 Å². The van der Waals surface area contributed by atoms with E-state index in [-0.39, 0.29) is 0 Å². The predicted octanol–water partition coefficient (Wildman–Crippen LogP) is 2.91. The summed E-state index contributed by atoms with van der Waals surface area (Å²) in [4.78, 5) is 10.9. The number of aromatic nitrogens is 1. The van der Waals surface area contributed by atoms with Crippen molar-refractivity contribution in [3.05, 3.63) is 65.0 Å². The minimum atomic E-state index is 0.678. The van der Waals surface area contributed by atoms with Gasteiger partial charge in [-0.2, -0.15) is 0 Å². The highest BCUT2D eigenvalue weighted by atomic mass is 15.3. The first-order valence-corrected chi connectivity index (χ1v) is 7.48. The molecule has 0 saturated carbocycles. The molecule has 0 atom stereocenters. The number of pyridine rings is 1. The van der Waals surface area contributed by atoms with Gasteiger partial charge < -0.3 is 10.2 Å². The fourth-order valence-corrected chi connectivity index (χ4v) is 2.29. The first-order valence-electron chi connectivity index (χ1n) is 7.48. The third-order valence-electron chi connectivity index (χ3n) is 3.65. The van der Waals surface area contributed by atoms with E-state index < -0.39 is 0 Å². The molecule has 0 aliphatic heterocycles. The largest absolute Gasteiger partial charge is 0.351 e. The van der Waals surface area contributed by atoms with Gasteiger partial charge in [-0.25, -0.2) is 0 Å². The first kappa shape index (κ1) is 16.0. The molecule has 4 nitrogen and oxygen atoms in total. The molecule has 0 aliphatic carbocycles. The molecule has 22 heavy (non-hydrogen) atoms. The molecule has 1 aromatic carbocycles. The number of aryl methyl sites for hydroxylation is 2. The van der Waals surface area contributed by atoms with E-state index in [1.807, 2.05) is 19.3 Å². The maximum Gasteiger partial charge on any atom is 0.194 e. The molecule has 116 valence electrons. The highest BCUT2D eigenvalue weighted by Gasteiger charge is 2.07. The Morgan fingerprint density at radius 1 is 1.18 bits per heavy atom. The van der Waals surface area contributed by atoms with Crippen molar-refractivity contribution in [2.75, 3.05) is 14.1 Å². The van der Waals surface area contributed by atoms with Gasteiger partial charge in [0.1, 0.15) is 0 Å². The zero-order valence-electron chi connectivity index (χ0n) is 13.8. The van der Waals surface area contributed by atoms with Crippen LogP contribution in [0.5, 0.6) is 0 Å². The number of nitrogens with one attached hydrogen (secondary N) is 1. The Kier molecular flexibility index (Phi) is 5.53. The van der Waals surface area contributed by atoms with Crippen molar-refractivity contribution in [3.63, 3.8) is 0 Å². The second-order valence-corrected chi connectivity index (χ2v) is 5.51. The number of rotatable bonds is 4. The minimum Gasteiger partial charge on any atom is -0.351 e. The summed E-state index contributed by atoms with van der Waals surface area (Å²) >= 11 is 0. The van der Waals surface area contributed by atoms with Crippen molar-refractivity contribution >= 4 is 5.96 Å². The van der Waals surface area contributed by atoms with Crippen molar-refractivity contribution in [2.45, 2.75) is 26.9 Å². The topological polar surface area (TPSA) is 40.5 Å². The lowest BCUT2D eigenvalue weighted by atomic mass is 10.1. The van der Waals surface area contributed by atoms with Crippen LogP contribution in [0.2, 0.25) is 0 Å². The van der Waals surface area contributed by atoms with Crippen molar-refractivity contribution in [3.8, 4) is 0 Å². The fourth-order valence-electron chi connectivity index (χ4n) is 2.29. The Morgan fingerprint density at radius 3 is 2.55 bits per heavy atom. The van der Waals surface area contributed by atoms with Crippen LogP contribution >= 0.6 is 0 Å². The zero-order valence-corrected chi connectivity index (χ0v) is 13.8. The summed E-state index contributed by atoms with van der Waals surface area (Å²) in [6.45, 7) is 5.67. The molecule has 0 saturated heterocycles. The molecule has 0 bridgehead atoms. The van der Waals surface area contributed by atoms with Crippen molar-refractivity contribution in [1.82, 2.24) is 15.2 Å². The van der Waals surface area contributed by atoms with Gasteiger partial charge >= 0.3 is 0 Å². The molecule has 1 N–H and O–H groups in total. The highest BCUT2D eigenvalue weighted by molar-refractivity contribution is 5.79. The smallest absolute Gasteiger partial charge is 0.194 e. The normalized spacial score (nSPS) is 11.4. The lowest BCUT2D eigenvalue weighted by molar-refractivity contribution is 0.476. The molecule has 2 aromatic rings. The average Bonchev–Trinajstić information content (AvgIpc) is 2.52. The SMILES string of the molecule is CN=C(NCc1ncccc1C)N(C)Cc1ccc(C)cc1. The average molecular weight is 296 g/mol. The van der Waals surface area contributed by atoms with Gasteiger partial charge in [-0.1, -0.05) is 35.9 Å². The second-order valence-electron chi connectivity index (χ2n) is 5.51. The molecular formula is C18H24N4. The van der Waals surface area contributed by atoms with Crippen LogP contribution in [-0.2, 0) is 13.1 Å². The highest BCUT2D eigenvalue weighted by Crippen LogP contribution is 2.07. The van der Waals surface area contributed by atoms with Crippen LogP contribution in [-0.4, -0.2) is 29.9 Å². The van der Waals surface area contributed by atoms with E-state index >= 15 is 0 Å². The minimum absolute atomic E-state index is 0.678. The van der Waals surface area contributed by atoms with E-state index in [4.69, 9.17) is 0 Å². The van der Waals surface area contributed by atoms with E-state index in [1.165, 1.54) is 16.7 Å². The molecule has 0 aliphatic rings. The monoisotopic (exact) mass is 296 g/mol. The molecule has 2 rings (SSSR count). The van der Waals surface area contributed by atoms with Gasteiger partial charge in [0.25, 0.3) is 0 Å². The van der Waals surface area contributed by atoms with Gasteiger partial charge in [0.05, 0.1) is 12.2 Å². The van der Waals surface area contributed by atoms with Crippen LogP contribution in [0.1, 0.15) is 22.4 Å². The maximum atomic E-state index is 4.40. The van der Waals surface area contributed by atoms with Crippen LogP contribution in [0.15, 0.2) is 47.6 Å². The molecule has 1 aromatic heterocycles. The number of benzene rings is 1.